The van der Waals surface area contributed by atoms with Crippen molar-refractivity contribution in [3.63, 3.8) is 0 Å². The quantitative estimate of drug-likeness (QED) is 0.294. The topological polar surface area (TPSA) is 189 Å². The lowest BCUT2D eigenvalue weighted by atomic mass is 9.96. The van der Waals surface area contributed by atoms with Crippen LogP contribution >= 0.6 is 7.75 Å². The van der Waals surface area contributed by atoms with Gasteiger partial charge in [-0.15, -0.1) is 0 Å². The molecule has 1 aliphatic heterocycles. The molecule has 180 valence electrons. The van der Waals surface area contributed by atoms with E-state index >= 15 is 0 Å². The lowest BCUT2D eigenvalue weighted by molar-refractivity contribution is -0.138. The molecule has 2 aromatic rings. The second-order valence-corrected chi connectivity index (χ2v) is 8.94. The number of hydrogen-bond acceptors (Lipinski definition) is 9. The molecule has 1 aliphatic rings. The highest BCUT2D eigenvalue weighted by atomic mass is 31.2. The monoisotopic (exact) mass is 488 g/mol. The number of ether oxygens (including phenoxy) is 1. The van der Waals surface area contributed by atoms with Gasteiger partial charge in [0.05, 0.1) is 10.7 Å². The van der Waals surface area contributed by atoms with Crippen molar-refractivity contribution in [1.82, 2.24) is 14.6 Å². The number of benzene rings is 1. The summed E-state index contributed by atoms with van der Waals surface area (Å²) in [6, 6.07) is 5.10. The number of carboxylic acid groups (broad SMARTS) is 1. The number of hydrogen-bond donors (Lipinski definition) is 5. The smallest absolute Gasteiger partial charge is 0.459 e. The predicted molar refractivity (Wildman–Crippen MR) is 113 cm³/mol. The molecular formula is C19H24N3O10P. The molecule has 0 aliphatic carbocycles. The number of aromatic nitrogens is 2. The lowest BCUT2D eigenvalue weighted by Crippen LogP contribution is -2.47. The molecule has 5 N–H and O–H groups in total. The van der Waals surface area contributed by atoms with Crippen LogP contribution in [-0.4, -0.2) is 61.2 Å². The summed E-state index contributed by atoms with van der Waals surface area (Å²) in [5.74, 6) is -1.53. The number of carboxylic acids is 1. The molecule has 0 amide bonds. The van der Waals surface area contributed by atoms with Crippen LogP contribution in [0.2, 0.25) is 0 Å². The third-order valence-corrected chi connectivity index (χ3v) is 6.18. The zero-order valence-electron chi connectivity index (χ0n) is 20.4. The van der Waals surface area contributed by atoms with Crippen LogP contribution in [0.15, 0.2) is 52.2 Å². The lowest BCUT2D eigenvalue weighted by Gasteiger charge is -2.27. The third kappa shape index (κ3) is 5.58. The molecule has 1 fully saturated rings. The maximum atomic E-state index is 13.4. The van der Waals surface area contributed by atoms with E-state index in [-0.39, 0.29) is 5.75 Å². The Balaban J connectivity index is 1.96. The van der Waals surface area contributed by atoms with Crippen molar-refractivity contribution in [3.05, 3.63) is 63.4 Å². The van der Waals surface area contributed by atoms with Crippen LogP contribution in [0, 0.1) is 0 Å². The van der Waals surface area contributed by atoms with E-state index in [0.717, 1.165) is 20.0 Å². The molecule has 3 rings (SSSR count). The van der Waals surface area contributed by atoms with Crippen LogP contribution < -0.4 is 20.9 Å². The Bertz CT molecular complexity index is 1290. The van der Waals surface area contributed by atoms with Crippen molar-refractivity contribution in [2.45, 2.75) is 43.9 Å². The normalized spacial score (nSPS) is 29.3. The van der Waals surface area contributed by atoms with E-state index in [1.165, 1.54) is 24.3 Å². The fourth-order valence-electron chi connectivity index (χ4n) is 2.91. The molecular weight excluding hydrogens is 461 g/mol. The molecule has 13 nitrogen and oxygen atoms in total. The van der Waals surface area contributed by atoms with Gasteiger partial charge in [0, 0.05) is 12.2 Å². The van der Waals surface area contributed by atoms with Crippen LogP contribution in [0.3, 0.4) is 0 Å². The average Bonchev–Trinajstić information content (AvgIpc) is 3.00. The summed E-state index contributed by atoms with van der Waals surface area (Å²) < 4.78 is 54.0. The Morgan fingerprint density at radius 1 is 1.45 bits per heavy atom. The van der Waals surface area contributed by atoms with Crippen LogP contribution in [0.1, 0.15) is 24.2 Å². The zero-order valence-corrected chi connectivity index (χ0v) is 18.3. The highest BCUT2D eigenvalue weighted by Gasteiger charge is 2.54. The van der Waals surface area contributed by atoms with Gasteiger partial charge >= 0.3 is 19.4 Å². The van der Waals surface area contributed by atoms with Gasteiger partial charge in [0.25, 0.3) is 5.56 Å². The Kier molecular flexibility index (Phi) is 6.04. The first-order valence-electron chi connectivity index (χ1n) is 11.0. The van der Waals surface area contributed by atoms with Crippen LogP contribution in [0.5, 0.6) is 5.75 Å². The van der Waals surface area contributed by atoms with Crippen LogP contribution in [0.4, 0.5) is 0 Å². The van der Waals surface area contributed by atoms with Gasteiger partial charge in [-0.05, 0) is 26.0 Å². The highest BCUT2D eigenvalue weighted by Crippen LogP contribution is 2.46. The Labute approximate surface area is 191 Å². The predicted octanol–water partition coefficient (Wildman–Crippen LogP) is -0.188. The molecule has 1 aromatic heterocycles. The first-order valence-corrected chi connectivity index (χ1v) is 11.1. The van der Waals surface area contributed by atoms with E-state index in [0.29, 0.717) is 4.57 Å². The van der Waals surface area contributed by atoms with Crippen molar-refractivity contribution in [1.29, 1.82) is 0 Å². The van der Waals surface area contributed by atoms with E-state index in [4.69, 9.17) is 17.9 Å². The molecule has 14 heteroatoms. The summed E-state index contributed by atoms with van der Waals surface area (Å²) >= 11 is 0. The first-order chi connectivity index (χ1) is 16.6. The van der Waals surface area contributed by atoms with Crippen molar-refractivity contribution >= 4 is 13.7 Å². The molecule has 0 radical (unpaired) electrons. The number of rotatable bonds is 9. The summed E-state index contributed by atoms with van der Waals surface area (Å²) in [7, 11) is -4.83. The Hall–Kier alpha value is -2.80. The number of aliphatic hydroxyl groups is 2. The number of para-hydroxylation sites is 1. The summed E-state index contributed by atoms with van der Waals surface area (Å²) in [5.41, 5.74) is -4.52. The molecule has 2 heterocycles. The number of aliphatic carboxylic acids is 1. The molecule has 0 saturated carbocycles. The molecule has 0 bridgehead atoms. The first kappa shape index (κ1) is 20.8. The molecule has 33 heavy (non-hydrogen) atoms. The van der Waals surface area contributed by atoms with Crippen molar-refractivity contribution in [2.75, 3.05) is 6.56 Å². The maximum absolute atomic E-state index is 13.4. The maximum Gasteiger partial charge on any atom is 0.459 e. The molecule has 0 spiro atoms. The summed E-state index contributed by atoms with van der Waals surface area (Å²) in [6.07, 6.45) is -5.30. The SMILES string of the molecule is [2H]c1cn([C@@H]2O[C@H](C([2H])([2H])O[P@@](=O)(NC(C)C(=O)O)Oc3ccccc3)[C@@H](O)[C@@]2(C)O)c(=O)[nH]c1=O. The molecule has 1 aromatic carbocycles. The van der Waals surface area contributed by atoms with Crippen molar-refractivity contribution in [3.8, 4) is 5.75 Å². The van der Waals surface area contributed by atoms with E-state index in [9.17, 15) is 34.3 Å². The van der Waals surface area contributed by atoms with Crippen LogP contribution in [-0.2, 0) is 18.6 Å². The molecule has 1 unspecified atom stereocenters. The highest BCUT2D eigenvalue weighted by molar-refractivity contribution is 7.52. The second-order valence-electron chi connectivity index (χ2n) is 7.32. The molecule has 1 saturated heterocycles. The third-order valence-electron chi connectivity index (χ3n) is 4.68. The van der Waals surface area contributed by atoms with Gasteiger partial charge in [-0.25, -0.2) is 9.36 Å². The van der Waals surface area contributed by atoms with E-state index < -0.39 is 67.6 Å². The van der Waals surface area contributed by atoms with Crippen molar-refractivity contribution in [2.24, 2.45) is 0 Å². The van der Waals surface area contributed by atoms with Gasteiger partial charge in [0.15, 0.2) is 6.23 Å². The number of aromatic amines is 1. The van der Waals surface area contributed by atoms with Crippen molar-refractivity contribution < 1.29 is 42.6 Å². The van der Waals surface area contributed by atoms with Gasteiger partial charge < -0.3 is 24.6 Å². The largest absolute Gasteiger partial charge is 0.480 e. The minimum absolute atomic E-state index is 0.0674. The van der Waals surface area contributed by atoms with E-state index in [1.54, 1.807) is 6.07 Å². The van der Waals surface area contributed by atoms with E-state index in [1.807, 2.05) is 4.98 Å². The second kappa shape index (κ2) is 9.59. The van der Waals surface area contributed by atoms with Gasteiger partial charge in [-0.2, -0.15) is 5.09 Å². The van der Waals surface area contributed by atoms with Gasteiger partial charge in [0.2, 0.25) is 0 Å². The fourth-order valence-corrected chi connectivity index (χ4v) is 4.28. The number of carbonyl (C=O) groups is 1. The minimum Gasteiger partial charge on any atom is -0.480 e. The summed E-state index contributed by atoms with van der Waals surface area (Å²) in [6.45, 7) is -1.11. The Morgan fingerprint density at radius 2 is 2.12 bits per heavy atom. The van der Waals surface area contributed by atoms with Crippen LogP contribution in [0.25, 0.3) is 0 Å². The minimum atomic E-state index is -4.83. The number of nitrogens with zero attached hydrogens (tertiary/aromatic N) is 1. The molecule has 6 atom stereocenters. The van der Waals surface area contributed by atoms with E-state index in [2.05, 4.69) is 5.09 Å². The zero-order chi connectivity index (χ0) is 27.1. The fraction of sp³-hybridized carbons (Fsp3) is 0.421. The number of H-pyrrole nitrogens is 1. The Morgan fingerprint density at radius 3 is 2.76 bits per heavy atom. The van der Waals surface area contributed by atoms with Gasteiger partial charge in [0.1, 0.15) is 29.6 Å². The standard InChI is InChI=1S/C19H24N3O10P/c1-11(16(25)26)21-33(29,32-12-6-4-3-5-7-12)30-10-13-15(24)19(2,28)17(31-13)22-9-8-14(23)20-18(22)27/h3-9,11,13,15,17,24,28H,10H2,1-2H3,(H,21,29)(H,25,26)(H,20,23,27)/t11?,13-,15-,17-,19-,33+/m1/s1/i8D,10D2. The number of aliphatic hydroxyl groups excluding tert-OH is 1. The number of nitrogens with one attached hydrogen (secondary N) is 2. The average molecular weight is 488 g/mol. The summed E-state index contributed by atoms with van der Waals surface area (Å²) in [4.78, 5) is 36.9. The summed E-state index contributed by atoms with van der Waals surface area (Å²) in [5, 5.41) is 32.8. The van der Waals surface area contributed by atoms with Gasteiger partial charge in [-0.1, -0.05) is 18.2 Å². The van der Waals surface area contributed by atoms with Gasteiger partial charge in [-0.3, -0.25) is 23.7 Å².